The predicted molar refractivity (Wildman–Crippen MR) is 97.0 cm³/mol. The summed E-state index contributed by atoms with van der Waals surface area (Å²) >= 11 is 2.87. The van der Waals surface area contributed by atoms with Crippen LogP contribution in [0, 0.1) is 12.7 Å². The fourth-order valence-corrected chi connectivity index (χ4v) is 4.41. The van der Waals surface area contributed by atoms with Crippen molar-refractivity contribution in [2.24, 2.45) is 0 Å². The van der Waals surface area contributed by atoms with Gasteiger partial charge in [0, 0.05) is 16.8 Å². The van der Waals surface area contributed by atoms with Gasteiger partial charge in [-0.3, -0.25) is 9.59 Å². The van der Waals surface area contributed by atoms with Crippen molar-refractivity contribution in [1.82, 2.24) is 15.6 Å². The summed E-state index contributed by atoms with van der Waals surface area (Å²) in [7, 11) is 0. The van der Waals surface area contributed by atoms with Gasteiger partial charge in [0.05, 0.1) is 11.8 Å². The molecule has 2 N–H and O–H groups in total. The van der Waals surface area contributed by atoms with Gasteiger partial charge in [-0.05, 0) is 25.0 Å². The minimum atomic E-state index is -0.574. The third-order valence-electron chi connectivity index (χ3n) is 3.83. The second kappa shape index (κ2) is 7.97. The second-order valence-electron chi connectivity index (χ2n) is 5.78. The lowest BCUT2D eigenvalue weighted by Gasteiger charge is -2.28. The number of aryl methyl sites for hydroxylation is 1. The van der Waals surface area contributed by atoms with Crippen LogP contribution in [0.15, 0.2) is 29.6 Å². The molecule has 1 aromatic carbocycles. The Hall–Kier alpha value is -1.93. The van der Waals surface area contributed by atoms with Gasteiger partial charge in [-0.1, -0.05) is 18.2 Å². The maximum Gasteiger partial charge on any atom is 0.243 e. The van der Waals surface area contributed by atoms with Gasteiger partial charge in [0.25, 0.3) is 0 Å². The monoisotopic (exact) mass is 379 g/mol. The maximum atomic E-state index is 13.7. The molecule has 1 aromatic heterocycles. The average Bonchev–Trinajstić information content (AvgIpc) is 3.02. The molecule has 132 valence electrons. The van der Waals surface area contributed by atoms with Crippen LogP contribution >= 0.6 is 23.1 Å². The molecule has 0 spiro atoms. The van der Waals surface area contributed by atoms with E-state index in [0.29, 0.717) is 24.3 Å². The van der Waals surface area contributed by atoms with Crippen molar-refractivity contribution >= 4 is 34.9 Å². The normalized spacial score (nSPS) is 20.2. The Morgan fingerprint density at radius 1 is 1.44 bits per heavy atom. The van der Waals surface area contributed by atoms with Gasteiger partial charge in [-0.25, -0.2) is 9.37 Å². The predicted octanol–water partition coefficient (Wildman–Crippen LogP) is 2.05. The largest absolute Gasteiger partial charge is 0.348 e. The standard InChI is InChI=1S/C17H18FN3O2S2/c1-10-8-25-15(20-10)7-19-16(22)13-9-24-14(17(23)21-13)6-11-4-2-3-5-12(11)18/h2-5,8,13-14H,6-7,9H2,1H3,(H,19,22)(H,21,23)/t13-,14+/m1/s1. The van der Waals surface area contributed by atoms with E-state index in [4.69, 9.17) is 0 Å². The van der Waals surface area contributed by atoms with Crippen molar-refractivity contribution in [3.05, 3.63) is 51.7 Å². The molecule has 2 aromatic rings. The Morgan fingerprint density at radius 3 is 2.92 bits per heavy atom. The molecular weight excluding hydrogens is 361 g/mol. The van der Waals surface area contributed by atoms with Crippen molar-refractivity contribution in [3.63, 3.8) is 0 Å². The van der Waals surface area contributed by atoms with Gasteiger partial charge < -0.3 is 10.6 Å². The molecule has 0 unspecified atom stereocenters. The highest BCUT2D eigenvalue weighted by Crippen LogP contribution is 2.23. The molecule has 0 aliphatic carbocycles. The lowest BCUT2D eigenvalue weighted by atomic mass is 10.1. The maximum absolute atomic E-state index is 13.7. The molecule has 2 atom stereocenters. The summed E-state index contributed by atoms with van der Waals surface area (Å²) in [5.41, 5.74) is 1.43. The minimum absolute atomic E-state index is 0.224. The van der Waals surface area contributed by atoms with Crippen LogP contribution in [-0.4, -0.2) is 33.8 Å². The molecule has 0 bridgehead atoms. The number of thiazole rings is 1. The average molecular weight is 379 g/mol. The molecule has 1 saturated heterocycles. The molecule has 2 heterocycles. The van der Waals surface area contributed by atoms with E-state index < -0.39 is 6.04 Å². The van der Waals surface area contributed by atoms with Gasteiger partial charge in [-0.15, -0.1) is 23.1 Å². The Morgan fingerprint density at radius 2 is 2.24 bits per heavy atom. The third kappa shape index (κ3) is 4.58. The molecule has 25 heavy (non-hydrogen) atoms. The van der Waals surface area contributed by atoms with Gasteiger partial charge >= 0.3 is 0 Å². The number of nitrogens with one attached hydrogen (secondary N) is 2. The van der Waals surface area contributed by atoms with Crippen molar-refractivity contribution in [3.8, 4) is 0 Å². The topological polar surface area (TPSA) is 71.1 Å². The zero-order valence-corrected chi connectivity index (χ0v) is 15.3. The van der Waals surface area contributed by atoms with Crippen LogP contribution in [0.25, 0.3) is 0 Å². The summed E-state index contributed by atoms with van der Waals surface area (Å²) in [6.07, 6.45) is 0.315. The number of carbonyl (C=O) groups excluding carboxylic acids is 2. The molecular formula is C17H18FN3O2S2. The van der Waals surface area contributed by atoms with Gasteiger partial charge in [-0.2, -0.15) is 0 Å². The van der Waals surface area contributed by atoms with Gasteiger partial charge in [0.15, 0.2) is 0 Å². The second-order valence-corrected chi connectivity index (χ2v) is 7.96. The lowest BCUT2D eigenvalue weighted by Crippen LogP contribution is -2.54. The summed E-state index contributed by atoms with van der Waals surface area (Å²) < 4.78 is 13.7. The summed E-state index contributed by atoms with van der Waals surface area (Å²) in [6.45, 7) is 2.25. The number of thioether (sulfide) groups is 1. The molecule has 1 fully saturated rings. The summed E-state index contributed by atoms with van der Waals surface area (Å²) in [5.74, 6) is -0.301. The van der Waals surface area contributed by atoms with Crippen molar-refractivity contribution in [1.29, 1.82) is 0 Å². The molecule has 3 rings (SSSR count). The lowest BCUT2D eigenvalue weighted by molar-refractivity contribution is -0.128. The van der Waals surface area contributed by atoms with E-state index in [2.05, 4.69) is 15.6 Å². The smallest absolute Gasteiger partial charge is 0.243 e. The molecule has 0 saturated carbocycles. The van der Waals surface area contributed by atoms with Gasteiger partial charge in [0.1, 0.15) is 16.9 Å². The number of carbonyl (C=O) groups is 2. The van der Waals surface area contributed by atoms with Gasteiger partial charge in [0.2, 0.25) is 11.8 Å². The number of nitrogens with zero attached hydrogens (tertiary/aromatic N) is 1. The molecule has 5 nitrogen and oxygen atoms in total. The van der Waals surface area contributed by atoms with Crippen LogP contribution in [0.1, 0.15) is 16.3 Å². The SMILES string of the molecule is Cc1csc(CNC(=O)[C@H]2CS[C@@H](Cc3ccccc3F)C(=O)N2)n1. The minimum Gasteiger partial charge on any atom is -0.348 e. The third-order valence-corrected chi connectivity index (χ3v) is 6.11. The highest BCUT2D eigenvalue weighted by Gasteiger charge is 2.32. The van der Waals surface area contributed by atoms with Crippen LogP contribution in [0.3, 0.4) is 0 Å². The number of benzene rings is 1. The van der Waals surface area contributed by atoms with E-state index in [9.17, 15) is 14.0 Å². The Labute approximate surface area is 153 Å². The summed E-state index contributed by atoms with van der Waals surface area (Å²) in [4.78, 5) is 28.8. The fourth-order valence-electron chi connectivity index (χ4n) is 2.52. The first-order chi connectivity index (χ1) is 12.0. The summed E-state index contributed by atoms with van der Waals surface area (Å²) in [5, 5.41) is 7.90. The van der Waals surface area contributed by atoms with Crippen LogP contribution in [-0.2, 0) is 22.6 Å². The number of hydrogen-bond donors (Lipinski definition) is 2. The first-order valence-electron chi connectivity index (χ1n) is 7.87. The number of amides is 2. The van der Waals surface area contributed by atoms with E-state index in [0.717, 1.165) is 10.7 Å². The van der Waals surface area contributed by atoms with Crippen molar-refractivity contribution in [2.75, 3.05) is 5.75 Å². The van der Waals surface area contributed by atoms with Crippen molar-refractivity contribution in [2.45, 2.75) is 31.2 Å². The zero-order chi connectivity index (χ0) is 17.8. The van der Waals surface area contributed by atoms with Crippen LogP contribution in [0.5, 0.6) is 0 Å². The van der Waals surface area contributed by atoms with Crippen LogP contribution in [0.4, 0.5) is 4.39 Å². The highest BCUT2D eigenvalue weighted by atomic mass is 32.2. The van der Waals surface area contributed by atoms with E-state index in [1.165, 1.54) is 29.2 Å². The quantitative estimate of drug-likeness (QED) is 0.834. The zero-order valence-electron chi connectivity index (χ0n) is 13.6. The number of rotatable bonds is 5. The molecule has 8 heteroatoms. The van der Waals surface area contributed by atoms with Crippen LogP contribution < -0.4 is 10.6 Å². The number of halogens is 1. The van der Waals surface area contributed by atoms with Crippen molar-refractivity contribution < 1.29 is 14.0 Å². The molecule has 1 aliphatic rings. The van der Waals surface area contributed by atoms with Crippen LogP contribution in [0.2, 0.25) is 0 Å². The highest BCUT2D eigenvalue weighted by molar-refractivity contribution is 8.00. The summed E-state index contributed by atoms with van der Waals surface area (Å²) in [6, 6.07) is 5.86. The first kappa shape index (κ1) is 17.9. The van der Waals surface area contributed by atoms with E-state index in [1.807, 2.05) is 12.3 Å². The molecule has 2 amide bonds. The van der Waals surface area contributed by atoms with E-state index in [1.54, 1.807) is 18.2 Å². The Balaban J connectivity index is 1.51. The number of aromatic nitrogens is 1. The fraction of sp³-hybridized carbons (Fsp3) is 0.353. The Bertz CT molecular complexity index is 781. The van der Waals surface area contributed by atoms with E-state index >= 15 is 0 Å². The molecule has 0 radical (unpaired) electrons. The molecule has 1 aliphatic heterocycles. The number of hydrogen-bond acceptors (Lipinski definition) is 5. The Kier molecular flexibility index (Phi) is 5.70. The first-order valence-corrected chi connectivity index (χ1v) is 9.80. The van der Waals surface area contributed by atoms with E-state index in [-0.39, 0.29) is 22.9 Å².